The molecule has 1 saturated carbocycles. The van der Waals surface area contributed by atoms with Gasteiger partial charge >= 0.3 is 11.9 Å². The highest BCUT2D eigenvalue weighted by Crippen LogP contribution is 2.18. The van der Waals surface area contributed by atoms with Crippen molar-refractivity contribution in [1.29, 1.82) is 0 Å². The molecule has 1 aromatic rings. The van der Waals surface area contributed by atoms with Gasteiger partial charge in [-0.05, 0) is 43.9 Å². The molecule has 1 aliphatic rings. The van der Waals surface area contributed by atoms with Gasteiger partial charge in [0.15, 0.2) is 0 Å². The number of carbonyl (C=O) groups is 2. The van der Waals surface area contributed by atoms with Crippen LogP contribution in [0.2, 0.25) is 0 Å². The van der Waals surface area contributed by atoms with E-state index < -0.39 is 11.9 Å². The molecule has 4 N–H and O–H groups in total. The second-order valence-electron chi connectivity index (χ2n) is 5.44. The highest BCUT2D eigenvalue weighted by atomic mass is 16.4. The van der Waals surface area contributed by atoms with Crippen LogP contribution < -0.4 is 5.73 Å². The molecule has 0 spiro atoms. The number of benzene rings is 1. The average molecular weight is 293 g/mol. The van der Waals surface area contributed by atoms with Gasteiger partial charge in [-0.2, -0.15) is 0 Å². The highest BCUT2D eigenvalue weighted by Gasteiger charge is 2.16. The van der Waals surface area contributed by atoms with Crippen molar-refractivity contribution < 1.29 is 19.8 Å². The topological polar surface area (TPSA) is 101 Å². The Morgan fingerprint density at radius 3 is 2.00 bits per heavy atom. The smallest absolute Gasteiger partial charge is 0.336 e. The zero-order chi connectivity index (χ0) is 16.0. The monoisotopic (exact) mass is 293 g/mol. The summed E-state index contributed by atoms with van der Waals surface area (Å²) in [5.74, 6) is -2.20. The predicted octanol–water partition coefficient (Wildman–Crippen LogP) is 2.98. The third-order valence-corrected chi connectivity index (χ3v) is 3.77. The van der Waals surface area contributed by atoms with Crippen LogP contribution >= 0.6 is 0 Å². The van der Waals surface area contributed by atoms with E-state index in [9.17, 15) is 9.59 Å². The Balaban J connectivity index is 0.000000262. The van der Waals surface area contributed by atoms with Crippen LogP contribution in [0, 0.1) is 13.8 Å². The first-order valence-corrected chi connectivity index (χ1v) is 7.17. The molecule has 1 aromatic carbocycles. The van der Waals surface area contributed by atoms with E-state index >= 15 is 0 Å². The van der Waals surface area contributed by atoms with Gasteiger partial charge in [-0.15, -0.1) is 0 Å². The summed E-state index contributed by atoms with van der Waals surface area (Å²) in [6.45, 7) is 3.14. The molecule has 1 fully saturated rings. The molecule has 0 unspecified atom stereocenters. The summed E-state index contributed by atoms with van der Waals surface area (Å²) in [6, 6.07) is 3.45. The Morgan fingerprint density at radius 1 is 1.05 bits per heavy atom. The fraction of sp³-hybridized carbons (Fsp3) is 0.500. The zero-order valence-corrected chi connectivity index (χ0v) is 12.6. The minimum atomic E-state index is -1.11. The van der Waals surface area contributed by atoms with Crippen LogP contribution in [0.4, 0.5) is 0 Å². The van der Waals surface area contributed by atoms with E-state index in [1.54, 1.807) is 6.92 Å². The lowest BCUT2D eigenvalue weighted by Gasteiger charge is -2.15. The van der Waals surface area contributed by atoms with Gasteiger partial charge in [0.25, 0.3) is 0 Å². The number of hydrogen-bond donors (Lipinski definition) is 3. The Bertz CT molecular complexity index is 519. The molecule has 116 valence electrons. The van der Waals surface area contributed by atoms with Crippen molar-refractivity contribution >= 4 is 11.9 Å². The number of aromatic carboxylic acids is 2. The van der Waals surface area contributed by atoms with E-state index in [0.717, 1.165) is 0 Å². The maximum atomic E-state index is 10.8. The van der Waals surface area contributed by atoms with Crippen LogP contribution in [0.15, 0.2) is 12.1 Å². The molecular formula is C16H23NO4. The van der Waals surface area contributed by atoms with Crippen molar-refractivity contribution in [2.45, 2.75) is 52.0 Å². The first-order valence-electron chi connectivity index (χ1n) is 7.17. The fourth-order valence-corrected chi connectivity index (χ4v) is 2.54. The molecular weight excluding hydrogens is 270 g/mol. The fourth-order valence-electron chi connectivity index (χ4n) is 2.54. The second kappa shape index (κ2) is 7.78. The lowest BCUT2D eigenvalue weighted by Crippen LogP contribution is -2.22. The molecule has 0 heterocycles. The molecule has 0 atom stereocenters. The predicted molar refractivity (Wildman–Crippen MR) is 80.9 cm³/mol. The zero-order valence-electron chi connectivity index (χ0n) is 12.6. The summed E-state index contributed by atoms with van der Waals surface area (Å²) in [5.41, 5.74) is 6.61. The van der Waals surface area contributed by atoms with Crippen LogP contribution in [0.5, 0.6) is 0 Å². The number of nitrogens with two attached hydrogens (primary N) is 1. The minimum absolute atomic E-state index is 0.0352. The van der Waals surface area contributed by atoms with Gasteiger partial charge in [-0.25, -0.2) is 9.59 Å². The van der Waals surface area contributed by atoms with Gasteiger partial charge in [0.1, 0.15) is 0 Å². The Kier molecular flexibility index (Phi) is 6.37. The van der Waals surface area contributed by atoms with Crippen LogP contribution in [0.3, 0.4) is 0 Å². The van der Waals surface area contributed by atoms with Crippen molar-refractivity contribution in [3.63, 3.8) is 0 Å². The molecule has 0 aliphatic heterocycles. The summed E-state index contributed by atoms with van der Waals surface area (Å²) in [4.78, 5) is 21.5. The molecule has 1 aliphatic carbocycles. The van der Waals surface area contributed by atoms with Crippen LogP contribution in [0.25, 0.3) is 0 Å². The number of rotatable bonds is 2. The summed E-state index contributed by atoms with van der Waals surface area (Å²) in [6.07, 6.45) is 6.66. The summed E-state index contributed by atoms with van der Waals surface area (Å²) < 4.78 is 0. The number of carboxylic acids is 2. The molecule has 5 heteroatoms. The number of aryl methyl sites for hydroxylation is 1. The Morgan fingerprint density at radius 2 is 1.62 bits per heavy atom. The standard InChI is InChI=1S/C10H10O4.C6H13N/c1-5-3-4-7(9(11)12)6(2)8(5)10(13)14;7-6-4-2-1-3-5-6/h3-4H,1-2H3,(H,11,12)(H,13,14);6H,1-5,7H2. The Hall–Kier alpha value is -1.88. The van der Waals surface area contributed by atoms with Crippen molar-refractivity contribution in [3.8, 4) is 0 Å². The number of hydrogen-bond acceptors (Lipinski definition) is 3. The third-order valence-electron chi connectivity index (χ3n) is 3.77. The first-order chi connectivity index (χ1) is 9.84. The van der Waals surface area contributed by atoms with E-state index in [0.29, 0.717) is 17.2 Å². The highest BCUT2D eigenvalue weighted by molar-refractivity contribution is 5.97. The van der Waals surface area contributed by atoms with Crippen molar-refractivity contribution in [2.24, 2.45) is 5.73 Å². The van der Waals surface area contributed by atoms with Gasteiger partial charge in [-0.1, -0.05) is 25.3 Å². The lowest BCUT2D eigenvalue weighted by atomic mass is 9.97. The van der Waals surface area contributed by atoms with Gasteiger partial charge in [-0.3, -0.25) is 0 Å². The third kappa shape index (κ3) is 4.86. The molecule has 5 nitrogen and oxygen atoms in total. The maximum Gasteiger partial charge on any atom is 0.336 e. The van der Waals surface area contributed by atoms with Gasteiger partial charge < -0.3 is 15.9 Å². The van der Waals surface area contributed by atoms with E-state index in [1.165, 1.54) is 51.2 Å². The summed E-state index contributed by atoms with van der Waals surface area (Å²) >= 11 is 0. The lowest BCUT2D eigenvalue weighted by molar-refractivity contribution is 0.0695. The van der Waals surface area contributed by atoms with Crippen LogP contribution in [0.1, 0.15) is 63.9 Å². The van der Waals surface area contributed by atoms with Gasteiger partial charge in [0.05, 0.1) is 11.1 Å². The molecule has 0 amide bonds. The van der Waals surface area contributed by atoms with E-state index in [1.807, 2.05) is 0 Å². The largest absolute Gasteiger partial charge is 0.478 e. The molecule has 0 saturated heterocycles. The summed E-state index contributed by atoms with van der Waals surface area (Å²) in [5, 5.41) is 17.6. The van der Waals surface area contributed by atoms with Crippen molar-refractivity contribution in [2.75, 3.05) is 0 Å². The molecule has 0 aromatic heterocycles. The SMILES string of the molecule is Cc1ccc(C(=O)O)c(C)c1C(=O)O.NC1CCCCC1. The average Bonchev–Trinajstić information content (AvgIpc) is 2.39. The normalized spacial score (nSPS) is 15.0. The van der Waals surface area contributed by atoms with Crippen LogP contribution in [-0.2, 0) is 0 Å². The quantitative estimate of drug-likeness (QED) is 0.778. The van der Waals surface area contributed by atoms with Crippen LogP contribution in [-0.4, -0.2) is 28.2 Å². The first kappa shape index (κ1) is 17.2. The summed E-state index contributed by atoms with van der Waals surface area (Å²) in [7, 11) is 0. The van der Waals surface area contributed by atoms with Gasteiger partial charge in [0, 0.05) is 6.04 Å². The van der Waals surface area contributed by atoms with E-state index in [4.69, 9.17) is 15.9 Å². The molecule has 2 rings (SSSR count). The number of carboxylic acid groups (broad SMARTS) is 2. The molecule has 0 radical (unpaired) electrons. The molecule has 0 bridgehead atoms. The van der Waals surface area contributed by atoms with E-state index in [-0.39, 0.29) is 11.1 Å². The Labute approximate surface area is 124 Å². The second-order valence-corrected chi connectivity index (χ2v) is 5.44. The maximum absolute atomic E-state index is 10.8. The van der Waals surface area contributed by atoms with E-state index in [2.05, 4.69) is 0 Å². The van der Waals surface area contributed by atoms with Crippen molar-refractivity contribution in [3.05, 3.63) is 34.4 Å². The van der Waals surface area contributed by atoms with Crippen molar-refractivity contribution in [1.82, 2.24) is 0 Å². The molecule has 21 heavy (non-hydrogen) atoms. The minimum Gasteiger partial charge on any atom is -0.478 e. The van der Waals surface area contributed by atoms with Gasteiger partial charge in [0.2, 0.25) is 0 Å².